The van der Waals surface area contributed by atoms with Gasteiger partial charge in [-0.15, -0.1) is 0 Å². The number of amides is 2. The van der Waals surface area contributed by atoms with E-state index in [-0.39, 0.29) is 24.9 Å². The van der Waals surface area contributed by atoms with Crippen LogP contribution in [0.1, 0.15) is 13.3 Å². The Hall–Kier alpha value is -1.30. The molecule has 0 aromatic heterocycles. The summed E-state index contributed by atoms with van der Waals surface area (Å²) in [6, 6.07) is 5.01. The minimum absolute atomic E-state index is 0.0857. The Morgan fingerprint density at radius 2 is 1.86 bits per heavy atom. The van der Waals surface area contributed by atoms with Crippen molar-refractivity contribution >= 4 is 40.7 Å². The Balaban J connectivity index is 2.46. The summed E-state index contributed by atoms with van der Waals surface area (Å²) in [7, 11) is 1.70. The Bertz CT molecular complexity index is 509. The third-order valence-corrected chi connectivity index (χ3v) is 3.44. The number of nitrogens with zero attached hydrogens (tertiary/aromatic N) is 1. The molecule has 0 saturated carbocycles. The average molecular weight is 332 g/mol. The summed E-state index contributed by atoms with van der Waals surface area (Å²) in [4.78, 5) is 25.0. The van der Waals surface area contributed by atoms with Crippen molar-refractivity contribution in [1.29, 1.82) is 0 Å². The zero-order valence-corrected chi connectivity index (χ0v) is 13.6. The first kappa shape index (κ1) is 17.8. The highest BCUT2D eigenvalue weighted by atomic mass is 35.5. The molecule has 1 aromatic carbocycles. The van der Waals surface area contributed by atoms with Gasteiger partial charge in [0.2, 0.25) is 11.8 Å². The van der Waals surface area contributed by atoms with Crippen LogP contribution >= 0.6 is 23.2 Å². The van der Waals surface area contributed by atoms with Crippen LogP contribution in [-0.4, -0.2) is 43.4 Å². The molecule has 0 spiro atoms. The van der Waals surface area contributed by atoms with Crippen LogP contribution in [-0.2, 0) is 9.59 Å². The summed E-state index contributed by atoms with van der Waals surface area (Å²) >= 11 is 11.9. The van der Waals surface area contributed by atoms with Crippen molar-refractivity contribution in [3.63, 3.8) is 0 Å². The highest BCUT2D eigenvalue weighted by Crippen LogP contribution is 2.29. The van der Waals surface area contributed by atoms with Crippen LogP contribution in [0.4, 0.5) is 5.69 Å². The molecule has 1 rings (SSSR count). The zero-order chi connectivity index (χ0) is 15.8. The van der Waals surface area contributed by atoms with E-state index in [1.807, 2.05) is 6.92 Å². The maximum atomic E-state index is 11.9. The van der Waals surface area contributed by atoms with Gasteiger partial charge in [-0.05, 0) is 25.6 Å². The third-order valence-electron chi connectivity index (χ3n) is 2.62. The van der Waals surface area contributed by atoms with Gasteiger partial charge in [0.15, 0.2) is 0 Å². The van der Waals surface area contributed by atoms with Gasteiger partial charge < -0.3 is 10.6 Å². The maximum Gasteiger partial charge on any atom is 0.238 e. The van der Waals surface area contributed by atoms with Gasteiger partial charge in [-0.3, -0.25) is 14.5 Å². The van der Waals surface area contributed by atoms with Gasteiger partial charge in [-0.2, -0.15) is 0 Å². The number of hydrogen-bond donors (Lipinski definition) is 2. The van der Waals surface area contributed by atoms with E-state index in [0.717, 1.165) is 6.42 Å². The van der Waals surface area contributed by atoms with E-state index in [0.29, 0.717) is 22.3 Å². The number of carbonyl (C=O) groups is 2. The number of likely N-dealkylation sites (N-methyl/N-ethyl adjacent to an activating group) is 1. The van der Waals surface area contributed by atoms with Crippen molar-refractivity contribution in [1.82, 2.24) is 10.2 Å². The van der Waals surface area contributed by atoms with Gasteiger partial charge in [0.1, 0.15) is 0 Å². The first-order chi connectivity index (χ1) is 9.93. The summed E-state index contributed by atoms with van der Waals surface area (Å²) in [5.74, 6) is -0.363. The van der Waals surface area contributed by atoms with E-state index in [4.69, 9.17) is 23.2 Å². The van der Waals surface area contributed by atoms with Gasteiger partial charge >= 0.3 is 0 Å². The topological polar surface area (TPSA) is 61.4 Å². The molecule has 0 bridgehead atoms. The molecule has 0 aliphatic heterocycles. The van der Waals surface area contributed by atoms with Crippen molar-refractivity contribution in [3.05, 3.63) is 28.2 Å². The lowest BCUT2D eigenvalue weighted by Crippen LogP contribution is -2.39. The molecule has 2 amide bonds. The van der Waals surface area contributed by atoms with Crippen molar-refractivity contribution in [2.45, 2.75) is 13.3 Å². The molecule has 5 nitrogen and oxygen atoms in total. The number of nitrogens with one attached hydrogen (secondary N) is 2. The van der Waals surface area contributed by atoms with E-state index in [1.54, 1.807) is 30.1 Å². The number of benzene rings is 1. The van der Waals surface area contributed by atoms with E-state index in [2.05, 4.69) is 10.6 Å². The fourth-order valence-electron chi connectivity index (χ4n) is 1.66. The Labute approximate surface area is 134 Å². The van der Waals surface area contributed by atoms with Crippen LogP contribution in [0.15, 0.2) is 18.2 Å². The molecule has 0 aliphatic rings. The fraction of sp³-hybridized carbons (Fsp3) is 0.429. The molecule has 21 heavy (non-hydrogen) atoms. The predicted molar refractivity (Wildman–Crippen MR) is 85.9 cm³/mol. The summed E-state index contributed by atoms with van der Waals surface area (Å²) in [6.45, 7) is 2.86. The van der Waals surface area contributed by atoms with Crippen molar-refractivity contribution in [2.24, 2.45) is 0 Å². The van der Waals surface area contributed by atoms with Crippen LogP contribution in [0.25, 0.3) is 0 Å². The van der Waals surface area contributed by atoms with Gasteiger partial charge in [-0.1, -0.05) is 36.2 Å². The monoisotopic (exact) mass is 331 g/mol. The summed E-state index contributed by atoms with van der Waals surface area (Å²) < 4.78 is 0. The highest BCUT2D eigenvalue weighted by molar-refractivity contribution is 6.43. The van der Waals surface area contributed by atoms with Crippen LogP contribution in [0.2, 0.25) is 10.0 Å². The quantitative estimate of drug-likeness (QED) is 0.806. The molecule has 0 fully saturated rings. The number of anilines is 1. The van der Waals surface area contributed by atoms with E-state index < -0.39 is 0 Å². The maximum absolute atomic E-state index is 11.9. The summed E-state index contributed by atoms with van der Waals surface area (Å²) in [6.07, 6.45) is 0.878. The molecule has 116 valence electrons. The van der Waals surface area contributed by atoms with Crippen LogP contribution in [0.3, 0.4) is 0 Å². The molecular weight excluding hydrogens is 313 g/mol. The van der Waals surface area contributed by atoms with Crippen molar-refractivity contribution in [2.75, 3.05) is 32.0 Å². The molecule has 2 N–H and O–H groups in total. The van der Waals surface area contributed by atoms with E-state index >= 15 is 0 Å². The molecule has 0 unspecified atom stereocenters. The highest BCUT2D eigenvalue weighted by Gasteiger charge is 2.12. The molecule has 7 heteroatoms. The zero-order valence-electron chi connectivity index (χ0n) is 12.1. The molecule has 1 aromatic rings. The standard InChI is InChI=1S/C14H19Cl2N3O2/c1-3-7-17-12(20)8-19(2)9-13(21)18-11-6-4-5-10(15)14(11)16/h4-6H,3,7-9H2,1-2H3,(H,17,20)(H,18,21). The normalized spacial score (nSPS) is 10.5. The molecule has 0 saturated heterocycles. The van der Waals surface area contributed by atoms with E-state index in [9.17, 15) is 9.59 Å². The molecular formula is C14H19Cl2N3O2. The lowest BCUT2D eigenvalue weighted by molar-refractivity contribution is -0.122. The Morgan fingerprint density at radius 1 is 1.19 bits per heavy atom. The summed E-state index contributed by atoms with van der Waals surface area (Å²) in [5.41, 5.74) is 0.456. The minimum atomic E-state index is -0.259. The smallest absolute Gasteiger partial charge is 0.238 e. The Kier molecular flexibility index (Phi) is 7.50. The second-order valence-electron chi connectivity index (χ2n) is 4.67. The van der Waals surface area contributed by atoms with Crippen LogP contribution in [0.5, 0.6) is 0 Å². The lowest BCUT2D eigenvalue weighted by Gasteiger charge is -2.16. The average Bonchev–Trinajstić information content (AvgIpc) is 2.41. The fourth-order valence-corrected chi connectivity index (χ4v) is 2.00. The Morgan fingerprint density at radius 3 is 2.52 bits per heavy atom. The van der Waals surface area contributed by atoms with Gasteiger partial charge in [0, 0.05) is 6.54 Å². The number of carbonyl (C=O) groups excluding carboxylic acids is 2. The molecule has 0 aliphatic carbocycles. The van der Waals surface area contributed by atoms with Crippen LogP contribution < -0.4 is 10.6 Å². The number of hydrogen-bond acceptors (Lipinski definition) is 3. The lowest BCUT2D eigenvalue weighted by atomic mass is 10.3. The first-order valence-corrected chi connectivity index (χ1v) is 7.38. The SMILES string of the molecule is CCCNC(=O)CN(C)CC(=O)Nc1cccc(Cl)c1Cl. The largest absolute Gasteiger partial charge is 0.355 e. The summed E-state index contributed by atoms with van der Waals surface area (Å²) in [5, 5.41) is 6.10. The molecule has 0 atom stereocenters. The van der Waals surface area contributed by atoms with Gasteiger partial charge in [0.25, 0.3) is 0 Å². The minimum Gasteiger partial charge on any atom is -0.355 e. The molecule has 0 heterocycles. The first-order valence-electron chi connectivity index (χ1n) is 6.63. The second-order valence-corrected chi connectivity index (χ2v) is 5.46. The predicted octanol–water partition coefficient (Wildman–Crippen LogP) is 2.39. The number of halogens is 2. The van der Waals surface area contributed by atoms with Gasteiger partial charge in [0.05, 0.1) is 28.8 Å². The third kappa shape index (κ3) is 6.33. The van der Waals surface area contributed by atoms with Crippen LogP contribution in [0, 0.1) is 0 Å². The van der Waals surface area contributed by atoms with Crippen molar-refractivity contribution in [3.8, 4) is 0 Å². The van der Waals surface area contributed by atoms with E-state index in [1.165, 1.54) is 0 Å². The second kappa shape index (κ2) is 8.87. The van der Waals surface area contributed by atoms with Gasteiger partial charge in [-0.25, -0.2) is 0 Å². The number of rotatable bonds is 7. The van der Waals surface area contributed by atoms with Crippen molar-refractivity contribution < 1.29 is 9.59 Å². The molecule has 0 radical (unpaired) electrons.